The Morgan fingerprint density at radius 3 is 1.68 bits per heavy atom. The Balaban J connectivity index is 2.30. The number of phenolic OH excluding ortho intramolecular Hbond substituents is 2. The number of ether oxygens (including phenoxy) is 2. The van der Waals surface area contributed by atoms with Gasteiger partial charge in [0, 0.05) is 19.6 Å². The highest BCUT2D eigenvalue weighted by Gasteiger charge is 2.13. The summed E-state index contributed by atoms with van der Waals surface area (Å²) in [6, 6.07) is 5.11. The number of aryl methyl sites for hydroxylation is 1. The van der Waals surface area contributed by atoms with E-state index in [1.54, 1.807) is 6.07 Å². The predicted molar refractivity (Wildman–Crippen MR) is 130 cm³/mol. The molecule has 0 aliphatic heterocycles. The van der Waals surface area contributed by atoms with E-state index in [0.29, 0.717) is 12.8 Å². The molecule has 4 heteroatoms. The van der Waals surface area contributed by atoms with Gasteiger partial charge in [-0.25, -0.2) is 0 Å². The fourth-order valence-electron chi connectivity index (χ4n) is 3.82. The van der Waals surface area contributed by atoms with Crippen molar-refractivity contribution in [1.29, 1.82) is 0 Å². The number of hydrogen-bond donors (Lipinski definition) is 2. The van der Waals surface area contributed by atoms with Crippen LogP contribution in [0.4, 0.5) is 0 Å². The van der Waals surface area contributed by atoms with Gasteiger partial charge in [0.15, 0.2) is 17.8 Å². The van der Waals surface area contributed by atoms with Crippen molar-refractivity contribution in [3.05, 3.63) is 23.8 Å². The van der Waals surface area contributed by atoms with E-state index in [-0.39, 0.29) is 17.8 Å². The summed E-state index contributed by atoms with van der Waals surface area (Å²) >= 11 is 0. The molecule has 0 amide bonds. The second kappa shape index (κ2) is 19.4. The van der Waals surface area contributed by atoms with E-state index in [9.17, 15) is 10.2 Å². The van der Waals surface area contributed by atoms with Crippen LogP contribution in [-0.4, -0.2) is 29.7 Å². The number of unbranched alkanes of at least 4 members (excludes halogenated alkanes) is 12. The van der Waals surface area contributed by atoms with Crippen LogP contribution in [-0.2, 0) is 15.9 Å². The maximum Gasteiger partial charge on any atom is 0.160 e. The first-order valence-electron chi connectivity index (χ1n) is 12.9. The second-order valence-electron chi connectivity index (χ2n) is 8.74. The van der Waals surface area contributed by atoms with Gasteiger partial charge in [-0.15, -0.1) is 0 Å². The van der Waals surface area contributed by atoms with Gasteiger partial charge in [-0.05, 0) is 30.9 Å². The quantitative estimate of drug-likeness (QED) is 0.117. The lowest BCUT2D eigenvalue weighted by atomic mass is 10.1. The second-order valence-corrected chi connectivity index (χ2v) is 8.74. The molecule has 0 atom stereocenters. The van der Waals surface area contributed by atoms with Crippen molar-refractivity contribution < 1.29 is 19.7 Å². The summed E-state index contributed by atoms with van der Waals surface area (Å²) in [6.45, 7) is 5.94. The summed E-state index contributed by atoms with van der Waals surface area (Å²) < 4.78 is 12.1. The summed E-state index contributed by atoms with van der Waals surface area (Å²) in [6.07, 6.45) is 18.8. The van der Waals surface area contributed by atoms with Crippen molar-refractivity contribution in [2.45, 2.75) is 123 Å². The molecular weight excluding hydrogens is 388 g/mol. The van der Waals surface area contributed by atoms with E-state index in [0.717, 1.165) is 31.6 Å². The molecule has 4 nitrogen and oxygen atoms in total. The van der Waals surface area contributed by atoms with Gasteiger partial charge in [0.2, 0.25) is 0 Å². The summed E-state index contributed by atoms with van der Waals surface area (Å²) in [7, 11) is 0. The minimum atomic E-state index is -0.248. The molecule has 0 saturated carbocycles. The lowest BCUT2D eigenvalue weighted by Gasteiger charge is -2.19. The average molecular weight is 437 g/mol. The van der Waals surface area contributed by atoms with Crippen LogP contribution in [0.3, 0.4) is 0 Å². The van der Waals surface area contributed by atoms with E-state index in [1.165, 1.54) is 83.1 Å². The van der Waals surface area contributed by atoms with Crippen LogP contribution in [0.2, 0.25) is 0 Å². The van der Waals surface area contributed by atoms with Gasteiger partial charge in [0.05, 0.1) is 0 Å². The number of benzene rings is 1. The molecule has 1 rings (SSSR count). The maximum absolute atomic E-state index is 10.0. The SMILES string of the molecule is CCCCCCCCCOC(CCc1cccc(O)c1O)OCCCCCCCCC. The smallest absolute Gasteiger partial charge is 0.160 e. The standard InChI is InChI=1S/C27H48O4/c1-3-5-7-9-11-13-15-22-30-26(31-23-16-14-12-10-8-6-4-2)21-20-24-18-17-19-25(28)27(24)29/h17-19,26,28-29H,3-16,20-23H2,1-2H3. The molecule has 0 fully saturated rings. The Bertz CT molecular complexity index is 512. The fraction of sp³-hybridized carbons (Fsp3) is 0.778. The maximum atomic E-state index is 10.0. The number of aromatic hydroxyl groups is 2. The van der Waals surface area contributed by atoms with Crippen LogP contribution in [0.15, 0.2) is 18.2 Å². The number of rotatable bonds is 21. The third kappa shape index (κ3) is 14.4. The fourth-order valence-corrected chi connectivity index (χ4v) is 3.82. The molecule has 0 aliphatic rings. The molecule has 0 unspecified atom stereocenters. The zero-order valence-corrected chi connectivity index (χ0v) is 20.2. The summed E-state index contributed by atoms with van der Waals surface area (Å²) in [5.41, 5.74) is 0.740. The molecule has 0 radical (unpaired) electrons. The molecule has 0 bridgehead atoms. The largest absolute Gasteiger partial charge is 0.504 e. The van der Waals surface area contributed by atoms with Crippen LogP contribution in [0, 0.1) is 0 Å². The van der Waals surface area contributed by atoms with Crippen molar-refractivity contribution in [2.75, 3.05) is 13.2 Å². The lowest BCUT2D eigenvalue weighted by molar-refractivity contribution is -0.147. The molecule has 0 heterocycles. The van der Waals surface area contributed by atoms with Crippen molar-refractivity contribution in [3.8, 4) is 11.5 Å². The van der Waals surface area contributed by atoms with Gasteiger partial charge >= 0.3 is 0 Å². The van der Waals surface area contributed by atoms with Crippen molar-refractivity contribution in [1.82, 2.24) is 0 Å². The molecule has 31 heavy (non-hydrogen) atoms. The van der Waals surface area contributed by atoms with Gasteiger partial charge in [-0.1, -0.05) is 103 Å². The molecule has 1 aromatic rings. The molecule has 2 N–H and O–H groups in total. The average Bonchev–Trinajstić information content (AvgIpc) is 2.77. The minimum Gasteiger partial charge on any atom is -0.504 e. The number of hydrogen-bond acceptors (Lipinski definition) is 4. The topological polar surface area (TPSA) is 58.9 Å². The monoisotopic (exact) mass is 436 g/mol. The minimum absolute atomic E-state index is 0.0274. The Kier molecular flexibility index (Phi) is 17.4. The van der Waals surface area contributed by atoms with Crippen molar-refractivity contribution >= 4 is 0 Å². The van der Waals surface area contributed by atoms with Crippen molar-refractivity contribution in [3.63, 3.8) is 0 Å². The third-order valence-electron chi connectivity index (χ3n) is 5.85. The van der Waals surface area contributed by atoms with Crippen LogP contribution < -0.4 is 0 Å². The first-order valence-corrected chi connectivity index (χ1v) is 12.9. The number of phenols is 2. The summed E-state index contributed by atoms with van der Waals surface area (Å²) in [5, 5.41) is 19.8. The van der Waals surface area contributed by atoms with Gasteiger partial charge in [0.25, 0.3) is 0 Å². The molecule has 0 spiro atoms. The summed E-state index contributed by atoms with van der Waals surface area (Å²) in [5.74, 6) is -0.0950. The highest BCUT2D eigenvalue weighted by Crippen LogP contribution is 2.29. The highest BCUT2D eigenvalue weighted by molar-refractivity contribution is 5.44. The van der Waals surface area contributed by atoms with Crippen LogP contribution in [0.25, 0.3) is 0 Å². The third-order valence-corrected chi connectivity index (χ3v) is 5.85. The zero-order chi connectivity index (χ0) is 22.6. The van der Waals surface area contributed by atoms with Gasteiger partial charge in [-0.2, -0.15) is 0 Å². The predicted octanol–water partition coefficient (Wildman–Crippen LogP) is 7.89. The van der Waals surface area contributed by atoms with Gasteiger partial charge < -0.3 is 19.7 Å². The number of para-hydroxylation sites is 1. The Morgan fingerprint density at radius 1 is 0.677 bits per heavy atom. The zero-order valence-electron chi connectivity index (χ0n) is 20.2. The van der Waals surface area contributed by atoms with Crippen molar-refractivity contribution in [2.24, 2.45) is 0 Å². The van der Waals surface area contributed by atoms with E-state index in [4.69, 9.17) is 9.47 Å². The van der Waals surface area contributed by atoms with Crippen LogP contribution >= 0.6 is 0 Å². The van der Waals surface area contributed by atoms with Gasteiger partial charge in [-0.3, -0.25) is 0 Å². The molecule has 0 saturated heterocycles. The molecular formula is C27H48O4. The molecule has 0 aliphatic carbocycles. The molecule has 180 valence electrons. The lowest BCUT2D eigenvalue weighted by Crippen LogP contribution is -2.20. The highest BCUT2D eigenvalue weighted by atomic mass is 16.7. The molecule has 1 aromatic carbocycles. The normalized spacial score (nSPS) is 11.5. The molecule has 0 aromatic heterocycles. The van der Waals surface area contributed by atoms with Crippen LogP contribution in [0.1, 0.15) is 116 Å². The first-order chi connectivity index (χ1) is 15.2. The van der Waals surface area contributed by atoms with Gasteiger partial charge in [0.1, 0.15) is 0 Å². The van der Waals surface area contributed by atoms with E-state index in [1.807, 2.05) is 6.07 Å². The van der Waals surface area contributed by atoms with E-state index < -0.39 is 0 Å². The van der Waals surface area contributed by atoms with E-state index >= 15 is 0 Å². The Morgan fingerprint density at radius 2 is 1.16 bits per heavy atom. The Hall–Kier alpha value is -1.26. The first kappa shape index (κ1) is 27.8. The Labute approximate surface area is 191 Å². The van der Waals surface area contributed by atoms with E-state index in [2.05, 4.69) is 13.8 Å². The summed E-state index contributed by atoms with van der Waals surface area (Å²) in [4.78, 5) is 0. The van der Waals surface area contributed by atoms with Crippen LogP contribution in [0.5, 0.6) is 11.5 Å².